The summed E-state index contributed by atoms with van der Waals surface area (Å²) in [5.41, 5.74) is 3.55. The molecule has 3 aromatic rings. The fourth-order valence-corrected chi connectivity index (χ4v) is 2.24. The largest absolute Gasteiger partial charge is 0.378 e. The maximum atomic E-state index is 4.44. The Balaban J connectivity index is 1.88. The molecule has 0 amide bonds. The molecule has 0 bridgehead atoms. The minimum atomic E-state index is 0.855. The SMILES string of the molecule is CN(C)c1ccc(Cn2ccc3cccnc32)cc1. The summed E-state index contributed by atoms with van der Waals surface area (Å²) in [5.74, 6) is 0. The lowest BCUT2D eigenvalue weighted by Crippen LogP contribution is -2.08. The Hall–Kier alpha value is -2.29. The van der Waals surface area contributed by atoms with Gasteiger partial charge < -0.3 is 9.47 Å². The van der Waals surface area contributed by atoms with E-state index >= 15 is 0 Å². The van der Waals surface area contributed by atoms with E-state index in [0.717, 1.165) is 12.2 Å². The van der Waals surface area contributed by atoms with Crippen molar-refractivity contribution in [1.82, 2.24) is 9.55 Å². The summed E-state index contributed by atoms with van der Waals surface area (Å²) in [5, 5.41) is 1.19. The van der Waals surface area contributed by atoms with Gasteiger partial charge in [-0.3, -0.25) is 0 Å². The second-order valence-corrected chi connectivity index (χ2v) is 4.92. The van der Waals surface area contributed by atoms with E-state index < -0.39 is 0 Å². The smallest absolute Gasteiger partial charge is 0.140 e. The third kappa shape index (κ3) is 2.32. The first-order valence-corrected chi connectivity index (χ1v) is 6.40. The highest BCUT2D eigenvalue weighted by Crippen LogP contribution is 2.16. The maximum Gasteiger partial charge on any atom is 0.140 e. The van der Waals surface area contributed by atoms with Crippen LogP contribution in [0.3, 0.4) is 0 Å². The predicted molar refractivity (Wildman–Crippen MR) is 79.6 cm³/mol. The van der Waals surface area contributed by atoms with Crippen molar-refractivity contribution in [3.63, 3.8) is 0 Å². The van der Waals surface area contributed by atoms with Gasteiger partial charge in [-0.1, -0.05) is 12.1 Å². The van der Waals surface area contributed by atoms with E-state index in [1.54, 1.807) is 0 Å². The van der Waals surface area contributed by atoms with E-state index in [1.807, 2.05) is 12.3 Å². The molecular weight excluding hydrogens is 234 g/mol. The number of hydrogen-bond acceptors (Lipinski definition) is 2. The van der Waals surface area contributed by atoms with E-state index in [0.29, 0.717) is 0 Å². The van der Waals surface area contributed by atoms with Crippen LogP contribution in [-0.2, 0) is 6.54 Å². The molecule has 96 valence electrons. The molecule has 0 aliphatic heterocycles. The molecule has 2 aromatic heterocycles. The molecule has 0 radical (unpaired) electrons. The molecule has 0 fully saturated rings. The fraction of sp³-hybridized carbons (Fsp3) is 0.188. The lowest BCUT2D eigenvalue weighted by Gasteiger charge is -2.13. The number of nitrogens with zero attached hydrogens (tertiary/aromatic N) is 3. The zero-order chi connectivity index (χ0) is 13.2. The molecule has 2 heterocycles. The number of hydrogen-bond donors (Lipinski definition) is 0. The van der Waals surface area contributed by atoms with Crippen LogP contribution >= 0.6 is 0 Å². The third-order valence-electron chi connectivity index (χ3n) is 3.33. The molecule has 0 aliphatic carbocycles. The van der Waals surface area contributed by atoms with Crippen molar-refractivity contribution in [2.75, 3.05) is 19.0 Å². The molecule has 19 heavy (non-hydrogen) atoms. The lowest BCUT2D eigenvalue weighted by atomic mass is 10.2. The van der Waals surface area contributed by atoms with Gasteiger partial charge in [0.2, 0.25) is 0 Å². The molecule has 0 atom stereocenters. The molecule has 1 aromatic carbocycles. The van der Waals surface area contributed by atoms with E-state index in [4.69, 9.17) is 0 Å². The van der Waals surface area contributed by atoms with Crippen molar-refractivity contribution in [2.24, 2.45) is 0 Å². The van der Waals surface area contributed by atoms with Crippen molar-refractivity contribution in [3.05, 3.63) is 60.4 Å². The lowest BCUT2D eigenvalue weighted by molar-refractivity contribution is 0.825. The molecule has 0 saturated heterocycles. The van der Waals surface area contributed by atoms with Crippen LogP contribution in [0.4, 0.5) is 5.69 Å². The van der Waals surface area contributed by atoms with Gasteiger partial charge in [-0.2, -0.15) is 0 Å². The second-order valence-electron chi connectivity index (χ2n) is 4.92. The van der Waals surface area contributed by atoms with Crippen LogP contribution in [0.25, 0.3) is 11.0 Å². The number of fused-ring (bicyclic) bond motifs is 1. The summed E-state index contributed by atoms with van der Waals surface area (Å²) >= 11 is 0. The highest BCUT2D eigenvalue weighted by atomic mass is 15.1. The van der Waals surface area contributed by atoms with Crippen LogP contribution < -0.4 is 4.90 Å². The molecule has 0 N–H and O–H groups in total. The minimum absolute atomic E-state index is 0.855. The summed E-state index contributed by atoms with van der Waals surface area (Å²) in [4.78, 5) is 6.55. The van der Waals surface area contributed by atoms with Crippen LogP contribution in [0.2, 0.25) is 0 Å². The minimum Gasteiger partial charge on any atom is -0.378 e. The average molecular weight is 251 g/mol. The molecule has 3 heteroatoms. The Bertz CT molecular complexity index is 681. The van der Waals surface area contributed by atoms with Gasteiger partial charge in [0.25, 0.3) is 0 Å². The van der Waals surface area contributed by atoms with Crippen molar-refractivity contribution < 1.29 is 0 Å². The van der Waals surface area contributed by atoms with Gasteiger partial charge in [-0.05, 0) is 35.9 Å². The molecule has 0 spiro atoms. The van der Waals surface area contributed by atoms with Gasteiger partial charge in [0.05, 0.1) is 0 Å². The number of aromatic nitrogens is 2. The number of pyridine rings is 1. The summed E-state index contributed by atoms with van der Waals surface area (Å²) in [6.45, 7) is 0.855. The topological polar surface area (TPSA) is 21.1 Å². The second kappa shape index (κ2) is 4.76. The number of anilines is 1. The average Bonchev–Trinajstić information content (AvgIpc) is 2.83. The Kier molecular flexibility index (Phi) is 2.95. The van der Waals surface area contributed by atoms with Crippen molar-refractivity contribution in [1.29, 1.82) is 0 Å². The van der Waals surface area contributed by atoms with Crippen LogP contribution in [-0.4, -0.2) is 23.6 Å². The van der Waals surface area contributed by atoms with Crippen molar-refractivity contribution in [2.45, 2.75) is 6.54 Å². The zero-order valence-electron chi connectivity index (χ0n) is 11.2. The van der Waals surface area contributed by atoms with Crippen molar-refractivity contribution in [3.8, 4) is 0 Å². The Morgan fingerprint density at radius 2 is 1.84 bits per heavy atom. The Labute approximate surface area is 113 Å². The molecule has 0 unspecified atom stereocenters. The van der Waals surface area contributed by atoms with Gasteiger partial charge >= 0.3 is 0 Å². The highest BCUT2D eigenvalue weighted by Gasteiger charge is 2.02. The first kappa shape index (κ1) is 11.8. The zero-order valence-corrected chi connectivity index (χ0v) is 11.2. The third-order valence-corrected chi connectivity index (χ3v) is 3.33. The fourth-order valence-electron chi connectivity index (χ4n) is 2.24. The van der Waals surface area contributed by atoms with Crippen LogP contribution in [0.5, 0.6) is 0 Å². The first-order valence-electron chi connectivity index (χ1n) is 6.40. The van der Waals surface area contributed by atoms with E-state index in [1.165, 1.54) is 16.6 Å². The van der Waals surface area contributed by atoms with Crippen LogP contribution in [0.1, 0.15) is 5.56 Å². The quantitative estimate of drug-likeness (QED) is 0.713. The van der Waals surface area contributed by atoms with Crippen LogP contribution in [0.15, 0.2) is 54.9 Å². The summed E-state index contributed by atoms with van der Waals surface area (Å²) < 4.78 is 2.18. The monoisotopic (exact) mass is 251 g/mol. The molecule has 0 saturated carbocycles. The Morgan fingerprint density at radius 3 is 2.58 bits per heavy atom. The van der Waals surface area contributed by atoms with E-state index in [9.17, 15) is 0 Å². The summed E-state index contributed by atoms with van der Waals surface area (Å²) in [7, 11) is 4.11. The molecule has 3 nitrogen and oxygen atoms in total. The van der Waals surface area contributed by atoms with Gasteiger partial charge in [0, 0.05) is 44.1 Å². The number of benzene rings is 1. The van der Waals surface area contributed by atoms with E-state index in [-0.39, 0.29) is 0 Å². The maximum absolute atomic E-state index is 4.44. The Morgan fingerprint density at radius 1 is 1.05 bits per heavy atom. The normalized spacial score (nSPS) is 10.8. The molecule has 3 rings (SSSR count). The van der Waals surface area contributed by atoms with Crippen molar-refractivity contribution >= 4 is 16.7 Å². The van der Waals surface area contributed by atoms with Gasteiger partial charge in [0.1, 0.15) is 5.65 Å². The summed E-state index contributed by atoms with van der Waals surface area (Å²) in [6.07, 6.45) is 3.94. The number of rotatable bonds is 3. The molecular formula is C16H17N3. The van der Waals surface area contributed by atoms with Gasteiger partial charge in [0.15, 0.2) is 0 Å². The summed E-state index contributed by atoms with van der Waals surface area (Å²) in [6, 6.07) is 14.8. The van der Waals surface area contributed by atoms with E-state index in [2.05, 4.69) is 71.1 Å². The highest BCUT2D eigenvalue weighted by molar-refractivity contribution is 5.75. The van der Waals surface area contributed by atoms with Crippen LogP contribution in [0, 0.1) is 0 Å². The van der Waals surface area contributed by atoms with Gasteiger partial charge in [-0.25, -0.2) is 4.98 Å². The predicted octanol–water partition coefficient (Wildman–Crippen LogP) is 3.15. The standard InChI is InChI=1S/C16H17N3/c1-18(2)15-7-5-13(6-8-15)12-19-11-9-14-4-3-10-17-16(14)19/h3-11H,12H2,1-2H3. The van der Waals surface area contributed by atoms with Gasteiger partial charge in [-0.15, -0.1) is 0 Å². The first-order chi connectivity index (χ1) is 9.24. The molecule has 0 aliphatic rings.